The summed E-state index contributed by atoms with van der Waals surface area (Å²) in [5.74, 6) is -0.975. The van der Waals surface area contributed by atoms with Crippen molar-refractivity contribution < 1.29 is 9.90 Å². The highest BCUT2D eigenvalue weighted by Crippen LogP contribution is 2.26. The van der Waals surface area contributed by atoms with E-state index in [2.05, 4.69) is 20.9 Å². The van der Waals surface area contributed by atoms with Gasteiger partial charge in [-0.25, -0.2) is 9.78 Å². The molecule has 0 spiro atoms. The van der Waals surface area contributed by atoms with Gasteiger partial charge in [0.2, 0.25) is 0 Å². The topological polar surface area (TPSA) is 53.4 Å². The number of carboxylic acids is 1. The number of carbonyl (C=O) groups is 1. The summed E-state index contributed by atoms with van der Waals surface area (Å²) in [5.41, 5.74) is 1.29. The third kappa shape index (κ3) is 3.33. The molecule has 1 N–H and O–H groups in total. The van der Waals surface area contributed by atoms with Crippen molar-refractivity contribution in [3.05, 3.63) is 44.9 Å². The van der Waals surface area contributed by atoms with Crippen LogP contribution < -0.4 is 4.90 Å². The number of thiazole rings is 1. The maximum absolute atomic E-state index is 11.0. The van der Waals surface area contributed by atoms with Gasteiger partial charge in [0.25, 0.3) is 0 Å². The Morgan fingerprint density at radius 2 is 2.05 bits per heavy atom. The fourth-order valence-electron chi connectivity index (χ4n) is 1.68. The standard InChI is InChI=1S/C13H13BrN2O2S/c1-8-11(12(17)18)15-13(19-8)16(2)7-9-3-5-10(14)6-4-9/h3-6H,7H2,1-2H3,(H,17,18). The van der Waals surface area contributed by atoms with Gasteiger partial charge < -0.3 is 10.0 Å². The normalized spacial score (nSPS) is 10.5. The summed E-state index contributed by atoms with van der Waals surface area (Å²) in [6.07, 6.45) is 0. The second-order valence-electron chi connectivity index (χ2n) is 4.19. The minimum atomic E-state index is -0.975. The summed E-state index contributed by atoms with van der Waals surface area (Å²) in [4.78, 5) is 17.8. The molecule has 6 heteroatoms. The number of aryl methyl sites for hydroxylation is 1. The maximum Gasteiger partial charge on any atom is 0.355 e. The summed E-state index contributed by atoms with van der Waals surface area (Å²) in [7, 11) is 1.91. The van der Waals surface area contributed by atoms with Crippen LogP contribution in [0.5, 0.6) is 0 Å². The van der Waals surface area contributed by atoms with Crippen LogP contribution in [-0.4, -0.2) is 23.1 Å². The van der Waals surface area contributed by atoms with Crippen LogP contribution in [0, 0.1) is 6.92 Å². The zero-order valence-electron chi connectivity index (χ0n) is 10.6. The lowest BCUT2D eigenvalue weighted by Gasteiger charge is -2.15. The first kappa shape index (κ1) is 14.0. The first-order valence-electron chi connectivity index (χ1n) is 5.63. The van der Waals surface area contributed by atoms with E-state index in [1.807, 2.05) is 36.2 Å². The minimum Gasteiger partial charge on any atom is -0.476 e. The van der Waals surface area contributed by atoms with Crippen molar-refractivity contribution in [1.82, 2.24) is 4.98 Å². The molecule has 1 heterocycles. The van der Waals surface area contributed by atoms with E-state index >= 15 is 0 Å². The predicted octanol–water partition coefficient (Wildman–Crippen LogP) is 3.55. The van der Waals surface area contributed by atoms with Crippen LogP contribution in [0.2, 0.25) is 0 Å². The van der Waals surface area contributed by atoms with E-state index in [4.69, 9.17) is 5.11 Å². The molecule has 0 aliphatic heterocycles. The van der Waals surface area contributed by atoms with Gasteiger partial charge in [0.05, 0.1) is 0 Å². The maximum atomic E-state index is 11.0. The molecular weight excluding hydrogens is 328 g/mol. The highest BCUT2D eigenvalue weighted by atomic mass is 79.9. The van der Waals surface area contributed by atoms with E-state index in [0.717, 1.165) is 20.0 Å². The van der Waals surface area contributed by atoms with Crippen LogP contribution in [0.3, 0.4) is 0 Å². The molecule has 0 atom stereocenters. The molecule has 100 valence electrons. The summed E-state index contributed by atoms with van der Waals surface area (Å²) < 4.78 is 1.04. The smallest absolute Gasteiger partial charge is 0.355 e. The van der Waals surface area contributed by atoms with Crippen molar-refractivity contribution in [3.8, 4) is 0 Å². The van der Waals surface area contributed by atoms with Crippen molar-refractivity contribution in [2.45, 2.75) is 13.5 Å². The largest absolute Gasteiger partial charge is 0.476 e. The number of benzene rings is 1. The number of anilines is 1. The molecule has 2 aromatic rings. The zero-order valence-corrected chi connectivity index (χ0v) is 13.0. The quantitative estimate of drug-likeness (QED) is 0.924. The third-order valence-corrected chi connectivity index (χ3v) is 4.26. The lowest BCUT2D eigenvalue weighted by molar-refractivity contribution is 0.0690. The van der Waals surface area contributed by atoms with Crippen molar-refractivity contribution >= 4 is 38.4 Å². The van der Waals surface area contributed by atoms with Crippen molar-refractivity contribution in [3.63, 3.8) is 0 Å². The van der Waals surface area contributed by atoms with E-state index in [-0.39, 0.29) is 5.69 Å². The van der Waals surface area contributed by atoms with Gasteiger partial charge >= 0.3 is 5.97 Å². The molecule has 0 saturated carbocycles. The van der Waals surface area contributed by atoms with E-state index < -0.39 is 5.97 Å². The summed E-state index contributed by atoms with van der Waals surface area (Å²) in [6, 6.07) is 8.02. The molecule has 0 bridgehead atoms. The van der Waals surface area contributed by atoms with Crippen molar-refractivity contribution in [1.29, 1.82) is 0 Å². The van der Waals surface area contributed by atoms with Gasteiger partial charge in [-0.1, -0.05) is 28.1 Å². The number of aromatic nitrogens is 1. The Balaban J connectivity index is 2.15. The summed E-state index contributed by atoms with van der Waals surface area (Å²) in [5, 5.41) is 9.72. The van der Waals surface area contributed by atoms with Crippen LogP contribution in [0.4, 0.5) is 5.13 Å². The highest BCUT2D eigenvalue weighted by Gasteiger charge is 2.16. The number of hydrogen-bond donors (Lipinski definition) is 1. The fourth-order valence-corrected chi connectivity index (χ4v) is 2.80. The first-order chi connectivity index (χ1) is 8.97. The minimum absolute atomic E-state index is 0.141. The van der Waals surface area contributed by atoms with Gasteiger partial charge in [-0.05, 0) is 24.6 Å². The molecule has 0 unspecified atom stereocenters. The van der Waals surface area contributed by atoms with Crippen molar-refractivity contribution in [2.24, 2.45) is 0 Å². The Morgan fingerprint density at radius 1 is 1.42 bits per heavy atom. The molecular formula is C13H13BrN2O2S. The Kier molecular flexibility index (Phi) is 4.21. The molecule has 1 aromatic carbocycles. The van der Waals surface area contributed by atoms with Gasteiger partial charge in [0.1, 0.15) is 0 Å². The van der Waals surface area contributed by atoms with Crippen LogP contribution in [0.25, 0.3) is 0 Å². The van der Waals surface area contributed by atoms with Crippen LogP contribution >= 0.6 is 27.3 Å². The number of aromatic carboxylic acids is 1. The SMILES string of the molecule is Cc1sc(N(C)Cc2ccc(Br)cc2)nc1C(=O)O. The number of hydrogen-bond acceptors (Lipinski definition) is 4. The Labute approximate surface area is 123 Å². The molecule has 0 saturated heterocycles. The summed E-state index contributed by atoms with van der Waals surface area (Å²) in [6.45, 7) is 2.47. The van der Waals surface area contributed by atoms with E-state index in [9.17, 15) is 4.79 Å². The molecule has 0 amide bonds. The summed E-state index contributed by atoms with van der Waals surface area (Å²) >= 11 is 4.79. The number of halogens is 1. The Morgan fingerprint density at radius 3 is 2.58 bits per heavy atom. The van der Waals surface area contributed by atoms with Crippen LogP contribution in [-0.2, 0) is 6.54 Å². The molecule has 4 nitrogen and oxygen atoms in total. The Bertz CT molecular complexity index is 595. The lowest BCUT2D eigenvalue weighted by Crippen LogP contribution is -2.16. The van der Waals surface area contributed by atoms with Gasteiger partial charge in [-0.3, -0.25) is 0 Å². The van der Waals surface area contributed by atoms with E-state index in [1.165, 1.54) is 11.3 Å². The van der Waals surface area contributed by atoms with Crippen molar-refractivity contribution in [2.75, 3.05) is 11.9 Å². The molecule has 0 radical (unpaired) electrons. The second kappa shape index (κ2) is 5.71. The monoisotopic (exact) mass is 340 g/mol. The van der Waals surface area contributed by atoms with Gasteiger partial charge in [-0.15, -0.1) is 11.3 Å². The second-order valence-corrected chi connectivity index (χ2v) is 6.29. The molecule has 0 aliphatic rings. The number of carboxylic acid groups (broad SMARTS) is 1. The van der Waals surface area contributed by atoms with Gasteiger partial charge in [0.15, 0.2) is 10.8 Å². The Hall–Kier alpha value is -1.40. The average molecular weight is 341 g/mol. The number of rotatable bonds is 4. The third-order valence-electron chi connectivity index (χ3n) is 2.65. The number of nitrogens with zero attached hydrogens (tertiary/aromatic N) is 2. The average Bonchev–Trinajstić information content (AvgIpc) is 2.74. The van der Waals surface area contributed by atoms with E-state index in [1.54, 1.807) is 6.92 Å². The fraction of sp³-hybridized carbons (Fsp3) is 0.231. The molecule has 19 heavy (non-hydrogen) atoms. The molecule has 1 aromatic heterocycles. The van der Waals surface area contributed by atoms with E-state index in [0.29, 0.717) is 6.54 Å². The zero-order chi connectivity index (χ0) is 14.0. The highest BCUT2D eigenvalue weighted by molar-refractivity contribution is 9.10. The molecule has 0 aliphatic carbocycles. The van der Waals surface area contributed by atoms with Gasteiger partial charge in [-0.2, -0.15) is 0 Å². The lowest BCUT2D eigenvalue weighted by atomic mass is 10.2. The molecule has 2 rings (SSSR count). The molecule has 0 fully saturated rings. The predicted molar refractivity (Wildman–Crippen MR) is 80.1 cm³/mol. The van der Waals surface area contributed by atoms with Crippen LogP contribution in [0.1, 0.15) is 20.9 Å². The van der Waals surface area contributed by atoms with Gasteiger partial charge in [0, 0.05) is 22.9 Å². The van der Waals surface area contributed by atoms with Crippen LogP contribution in [0.15, 0.2) is 28.7 Å². The first-order valence-corrected chi connectivity index (χ1v) is 7.24.